The molecule has 0 fully saturated rings. The van der Waals surface area contributed by atoms with Crippen molar-refractivity contribution in [2.24, 2.45) is 4.99 Å². The Balaban J connectivity index is 1.44. The topological polar surface area (TPSA) is 71.7 Å². The Bertz CT molecular complexity index is 1370. The molecule has 4 heterocycles. The number of para-hydroxylation sites is 1. The molecule has 2 aromatic carbocycles. The van der Waals surface area contributed by atoms with Crippen LogP contribution in [0.5, 0.6) is 5.75 Å². The van der Waals surface area contributed by atoms with Crippen molar-refractivity contribution in [2.45, 2.75) is 6.54 Å². The molecule has 0 N–H and O–H groups in total. The van der Waals surface area contributed by atoms with Crippen LogP contribution in [0.3, 0.4) is 0 Å². The molecule has 2 aliphatic rings. The van der Waals surface area contributed by atoms with E-state index < -0.39 is 0 Å². The minimum atomic E-state index is 0.528. The summed E-state index contributed by atoms with van der Waals surface area (Å²) in [6, 6.07) is 13.8. The number of ether oxygens (including phenoxy) is 1. The maximum Gasteiger partial charge on any atom is 0.172 e. The fraction of sp³-hybridized carbons (Fsp3) is 0.167. The molecule has 0 saturated carbocycles. The van der Waals surface area contributed by atoms with Gasteiger partial charge in [-0.1, -0.05) is 29.8 Å². The van der Waals surface area contributed by atoms with Crippen LogP contribution in [0.4, 0.5) is 5.69 Å². The average molecular weight is 458 g/mol. The van der Waals surface area contributed by atoms with Gasteiger partial charge in [0, 0.05) is 31.2 Å². The molecule has 8 nitrogen and oxygen atoms in total. The van der Waals surface area contributed by atoms with Crippen molar-refractivity contribution in [2.75, 3.05) is 25.3 Å². The number of aromatic nitrogens is 4. The first-order valence-corrected chi connectivity index (χ1v) is 11.0. The molecule has 0 amide bonds. The van der Waals surface area contributed by atoms with Crippen LogP contribution in [0, 0.1) is 0 Å². The number of anilines is 1. The summed E-state index contributed by atoms with van der Waals surface area (Å²) in [5.74, 6) is 2.41. The number of imidazole rings is 1. The van der Waals surface area contributed by atoms with E-state index in [0.29, 0.717) is 24.8 Å². The molecule has 0 atom stereocenters. The molecule has 0 spiro atoms. The lowest BCUT2D eigenvalue weighted by atomic mass is 10.0. The number of rotatable bonds is 3. The quantitative estimate of drug-likeness (QED) is 0.460. The highest BCUT2D eigenvalue weighted by Gasteiger charge is 2.30. The maximum atomic E-state index is 6.51. The van der Waals surface area contributed by atoms with E-state index in [4.69, 9.17) is 26.3 Å². The Morgan fingerprint density at radius 3 is 2.73 bits per heavy atom. The third-order valence-electron chi connectivity index (χ3n) is 5.76. The molecule has 6 rings (SSSR count). The second kappa shape index (κ2) is 7.99. The molecule has 0 unspecified atom stereocenters. The van der Waals surface area contributed by atoms with Gasteiger partial charge in [-0.2, -0.15) is 5.01 Å². The number of nitrogens with zero attached hydrogens (tertiary/aromatic N) is 7. The van der Waals surface area contributed by atoms with Crippen molar-refractivity contribution in [3.63, 3.8) is 0 Å². The Morgan fingerprint density at radius 2 is 1.88 bits per heavy atom. The van der Waals surface area contributed by atoms with E-state index in [9.17, 15) is 0 Å². The number of hydrogen-bond donors (Lipinski definition) is 0. The zero-order chi connectivity index (χ0) is 22.4. The van der Waals surface area contributed by atoms with Crippen molar-refractivity contribution in [1.82, 2.24) is 24.5 Å². The molecule has 4 aromatic rings. The van der Waals surface area contributed by atoms with Gasteiger partial charge in [0.25, 0.3) is 0 Å². The molecule has 164 valence electrons. The molecule has 2 aliphatic heterocycles. The lowest BCUT2D eigenvalue weighted by Gasteiger charge is -2.27. The van der Waals surface area contributed by atoms with Gasteiger partial charge in [-0.05, 0) is 29.8 Å². The summed E-state index contributed by atoms with van der Waals surface area (Å²) in [5.41, 5.74) is 4.53. The molecule has 0 radical (unpaired) electrons. The Morgan fingerprint density at radius 1 is 1.03 bits per heavy atom. The fourth-order valence-corrected chi connectivity index (χ4v) is 4.41. The molecule has 0 aliphatic carbocycles. The Labute approximate surface area is 195 Å². The van der Waals surface area contributed by atoms with Crippen LogP contribution in [0.15, 0.2) is 72.4 Å². The molecule has 0 bridgehead atoms. The fourth-order valence-electron chi connectivity index (χ4n) is 4.19. The summed E-state index contributed by atoms with van der Waals surface area (Å²) < 4.78 is 8.13. The number of aliphatic imine (C=N–C) groups is 1. The van der Waals surface area contributed by atoms with Gasteiger partial charge >= 0.3 is 0 Å². The zero-order valence-electron chi connectivity index (χ0n) is 17.9. The molecular weight excluding hydrogens is 438 g/mol. The Hall–Kier alpha value is -3.75. The van der Waals surface area contributed by atoms with Gasteiger partial charge < -0.3 is 9.30 Å². The van der Waals surface area contributed by atoms with Gasteiger partial charge in [-0.3, -0.25) is 5.01 Å². The van der Waals surface area contributed by atoms with Gasteiger partial charge in [0.15, 0.2) is 5.84 Å². The molecule has 9 heteroatoms. The lowest BCUT2D eigenvalue weighted by Crippen LogP contribution is -2.39. The summed E-state index contributed by atoms with van der Waals surface area (Å²) in [6.45, 7) is 1.78. The van der Waals surface area contributed by atoms with E-state index in [0.717, 1.165) is 45.5 Å². The van der Waals surface area contributed by atoms with E-state index in [1.54, 1.807) is 12.4 Å². The zero-order valence-corrected chi connectivity index (χ0v) is 18.6. The highest BCUT2D eigenvalue weighted by Crippen LogP contribution is 2.36. The van der Waals surface area contributed by atoms with Crippen molar-refractivity contribution >= 4 is 23.1 Å². The predicted octanol–water partition coefficient (Wildman–Crippen LogP) is 4.12. The van der Waals surface area contributed by atoms with Crippen LogP contribution in [-0.2, 0) is 6.54 Å². The number of amidine groups is 1. The van der Waals surface area contributed by atoms with Crippen LogP contribution < -0.4 is 9.75 Å². The van der Waals surface area contributed by atoms with E-state index >= 15 is 0 Å². The van der Waals surface area contributed by atoms with E-state index in [1.807, 2.05) is 59.7 Å². The largest absolute Gasteiger partial charge is 0.491 e. The minimum Gasteiger partial charge on any atom is -0.491 e. The third-order valence-corrected chi connectivity index (χ3v) is 6.08. The Kier molecular flexibility index (Phi) is 4.82. The second-order valence-electron chi connectivity index (χ2n) is 7.87. The minimum absolute atomic E-state index is 0.528. The van der Waals surface area contributed by atoms with Gasteiger partial charge in [0.2, 0.25) is 0 Å². The van der Waals surface area contributed by atoms with Crippen LogP contribution in [0.1, 0.15) is 5.69 Å². The summed E-state index contributed by atoms with van der Waals surface area (Å²) in [5, 5.41) is 4.69. The number of hydrogen-bond acceptors (Lipinski definition) is 7. The highest BCUT2D eigenvalue weighted by atomic mass is 35.5. The molecule has 2 aromatic heterocycles. The van der Waals surface area contributed by atoms with Crippen molar-refractivity contribution in [3.05, 3.63) is 78.1 Å². The summed E-state index contributed by atoms with van der Waals surface area (Å²) in [7, 11) is 1.98. The lowest BCUT2D eigenvalue weighted by molar-refractivity contribution is 0.306. The van der Waals surface area contributed by atoms with E-state index in [1.165, 1.54) is 6.33 Å². The van der Waals surface area contributed by atoms with Gasteiger partial charge in [-0.15, -0.1) is 0 Å². The third kappa shape index (κ3) is 3.44. The SMILES string of the molecule is CN1CN=C(c2cn3c(n2)-c2cc(-c4cncnc4)ccc2OCC3)N1c1ccccc1Cl. The highest BCUT2D eigenvalue weighted by molar-refractivity contribution is 6.34. The van der Waals surface area contributed by atoms with Crippen LogP contribution in [-0.4, -0.2) is 50.7 Å². The number of halogens is 1. The normalized spacial score (nSPS) is 15.5. The summed E-state index contributed by atoms with van der Waals surface area (Å²) in [6.07, 6.45) is 7.16. The van der Waals surface area contributed by atoms with Gasteiger partial charge in [-0.25, -0.2) is 19.9 Å². The van der Waals surface area contributed by atoms with Crippen molar-refractivity contribution in [3.8, 4) is 28.3 Å². The first-order valence-electron chi connectivity index (χ1n) is 10.6. The summed E-state index contributed by atoms with van der Waals surface area (Å²) in [4.78, 5) is 18.1. The predicted molar refractivity (Wildman–Crippen MR) is 127 cm³/mol. The van der Waals surface area contributed by atoms with Crippen molar-refractivity contribution in [1.29, 1.82) is 0 Å². The van der Waals surface area contributed by atoms with E-state index in [2.05, 4.69) is 20.6 Å². The van der Waals surface area contributed by atoms with Crippen molar-refractivity contribution < 1.29 is 4.74 Å². The smallest absolute Gasteiger partial charge is 0.172 e. The molecular formula is C24H20ClN7O. The second-order valence-corrected chi connectivity index (χ2v) is 8.28. The monoisotopic (exact) mass is 457 g/mol. The number of benzene rings is 2. The number of fused-ring (bicyclic) bond motifs is 3. The van der Waals surface area contributed by atoms with E-state index in [-0.39, 0.29) is 0 Å². The first kappa shape index (κ1) is 19.9. The van der Waals surface area contributed by atoms with Gasteiger partial charge in [0.1, 0.15) is 36.9 Å². The van der Waals surface area contributed by atoms with Gasteiger partial charge in [0.05, 0.1) is 22.8 Å². The number of hydrazine groups is 1. The molecule has 33 heavy (non-hydrogen) atoms. The summed E-state index contributed by atoms with van der Waals surface area (Å²) >= 11 is 6.51. The standard InChI is InChI=1S/C24H20ClN7O/c1-30-15-28-24(32(30)21-5-3-2-4-19(21)25)20-13-31-8-9-33-22-7-6-16(10-18(22)23(31)29-20)17-11-26-14-27-12-17/h2-7,10-14H,8-9,15H2,1H3. The first-order chi connectivity index (χ1) is 16.2. The van der Waals surface area contributed by atoms with Crippen LogP contribution in [0.2, 0.25) is 5.02 Å². The average Bonchev–Trinajstić information content (AvgIpc) is 3.39. The molecule has 0 saturated heterocycles. The van der Waals surface area contributed by atoms with Crippen LogP contribution >= 0.6 is 11.6 Å². The van der Waals surface area contributed by atoms with Crippen LogP contribution in [0.25, 0.3) is 22.5 Å². The maximum absolute atomic E-state index is 6.51.